The lowest BCUT2D eigenvalue weighted by Crippen LogP contribution is -2.15. The predicted molar refractivity (Wildman–Crippen MR) is 108 cm³/mol. The molecule has 2 heterocycles. The number of rotatable bonds is 5. The number of hydrogen-bond donors (Lipinski definition) is 1. The molecular formula is C20H17N5O2S. The van der Waals surface area contributed by atoms with Crippen molar-refractivity contribution >= 4 is 23.3 Å². The van der Waals surface area contributed by atoms with Crippen LogP contribution < -0.4 is 5.56 Å². The number of aryl methyl sites for hydroxylation is 2. The molecule has 2 aromatic carbocycles. The van der Waals surface area contributed by atoms with Gasteiger partial charge in [0.05, 0.1) is 5.75 Å². The Hall–Kier alpha value is -3.26. The third kappa shape index (κ3) is 3.46. The highest BCUT2D eigenvalue weighted by atomic mass is 32.2. The Labute approximate surface area is 164 Å². The van der Waals surface area contributed by atoms with E-state index in [-0.39, 0.29) is 28.6 Å². The van der Waals surface area contributed by atoms with Crippen molar-refractivity contribution < 1.29 is 4.79 Å². The van der Waals surface area contributed by atoms with Crippen LogP contribution in [0.4, 0.5) is 0 Å². The van der Waals surface area contributed by atoms with Crippen LogP contribution in [0.2, 0.25) is 0 Å². The van der Waals surface area contributed by atoms with Crippen LogP contribution in [0.25, 0.3) is 17.0 Å². The number of fused-ring (bicyclic) bond motifs is 1. The number of Topliss-reactive ketones (excluding diaryl/α,β-unsaturated/α-hetero) is 1. The Morgan fingerprint density at radius 3 is 2.61 bits per heavy atom. The Morgan fingerprint density at radius 2 is 1.86 bits per heavy atom. The van der Waals surface area contributed by atoms with Gasteiger partial charge in [0.1, 0.15) is 0 Å². The maximum atomic E-state index is 12.5. The summed E-state index contributed by atoms with van der Waals surface area (Å²) in [4.78, 5) is 27.5. The van der Waals surface area contributed by atoms with Crippen LogP contribution in [-0.2, 0) is 0 Å². The second kappa shape index (κ2) is 7.40. The number of aromatic amines is 1. The monoisotopic (exact) mass is 391 g/mol. The van der Waals surface area contributed by atoms with E-state index in [4.69, 9.17) is 0 Å². The molecule has 0 saturated heterocycles. The lowest BCUT2D eigenvalue weighted by Gasteiger charge is -2.04. The second-order valence-electron chi connectivity index (χ2n) is 6.40. The van der Waals surface area contributed by atoms with E-state index in [9.17, 15) is 9.59 Å². The molecule has 0 spiro atoms. The molecule has 140 valence electrons. The quantitative estimate of drug-likeness (QED) is 0.415. The summed E-state index contributed by atoms with van der Waals surface area (Å²) in [6.45, 7) is 3.99. The first kappa shape index (κ1) is 18.1. The predicted octanol–water partition coefficient (Wildman–Crippen LogP) is 3.07. The van der Waals surface area contributed by atoms with Crippen molar-refractivity contribution in [2.75, 3.05) is 5.75 Å². The first-order chi connectivity index (χ1) is 13.5. The molecule has 1 N–H and O–H groups in total. The summed E-state index contributed by atoms with van der Waals surface area (Å²) in [5.74, 6) is 0.438. The van der Waals surface area contributed by atoms with Crippen LogP contribution in [-0.4, -0.2) is 36.3 Å². The zero-order valence-corrected chi connectivity index (χ0v) is 16.2. The van der Waals surface area contributed by atoms with Crippen LogP contribution >= 0.6 is 11.8 Å². The van der Waals surface area contributed by atoms with E-state index < -0.39 is 0 Å². The molecule has 0 aliphatic carbocycles. The van der Waals surface area contributed by atoms with Crippen molar-refractivity contribution in [2.24, 2.45) is 0 Å². The van der Waals surface area contributed by atoms with E-state index in [0.29, 0.717) is 16.3 Å². The SMILES string of the molecule is Cc1ccc(C(=O)CSc2nnc3[nH]c(=O)c(-c4ccccc4)nn23)cc1C. The summed E-state index contributed by atoms with van der Waals surface area (Å²) in [6, 6.07) is 14.8. The van der Waals surface area contributed by atoms with Gasteiger partial charge in [-0.1, -0.05) is 54.2 Å². The third-order valence-electron chi connectivity index (χ3n) is 4.46. The van der Waals surface area contributed by atoms with Crippen molar-refractivity contribution in [1.29, 1.82) is 0 Å². The highest BCUT2D eigenvalue weighted by Crippen LogP contribution is 2.19. The molecule has 7 nitrogen and oxygen atoms in total. The Kier molecular flexibility index (Phi) is 4.79. The van der Waals surface area contributed by atoms with Gasteiger partial charge in [-0.05, 0) is 31.0 Å². The molecule has 8 heteroatoms. The fraction of sp³-hybridized carbons (Fsp3) is 0.150. The lowest BCUT2D eigenvalue weighted by atomic mass is 10.0. The Morgan fingerprint density at radius 1 is 1.07 bits per heavy atom. The highest BCUT2D eigenvalue weighted by molar-refractivity contribution is 7.99. The fourth-order valence-electron chi connectivity index (χ4n) is 2.74. The number of carbonyl (C=O) groups is 1. The van der Waals surface area contributed by atoms with E-state index in [1.807, 2.05) is 62.4 Å². The third-order valence-corrected chi connectivity index (χ3v) is 5.38. The molecule has 0 radical (unpaired) electrons. The van der Waals surface area contributed by atoms with Crippen molar-refractivity contribution in [3.63, 3.8) is 0 Å². The van der Waals surface area contributed by atoms with Crippen LogP contribution in [0.15, 0.2) is 58.5 Å². The minimum absolute atomic E-state index is 0.00226. The molecule has 28 heavy (non-hydrogen) atoms. The van der Waals surface area contributed by atoms with Gasteiger partial charge < -0.3 is 0 Å². The van der Waals surface area contributed by atoms with Gasteiger partial charge in [-0.3, -0.25) is 14.6 Å². The van der Waals surface area contributed by atoms with Crippen molar-refractivity contribution in [3.8, 4) is 11.3 Å². The van der Waals surface area contributed by atoms with Gasteiger partial charge in [0.15, 0.2) is 11.5 Å². The molecule has 0 bridgehead atoms. The van der Waals surface area contributed by atoms with Gasteiger partial charge in [0, 0.05) is 11.1 Å². The van der Waals surface area contributed by atoms with E-state index in [1.54, 1.807) is 0 Å². The molecule has 0 aliphatic rings. The largest absolute Gasteiger partial charge is 0.293 e. The van der Waals surface area contributed by atoms with Gasteiger partial charge in [0.25, 0.3) is 11.3 Å². The van der Waals surface area contributed by atoms with E-state index in [2.05, 4.69) is 20.3 Å². The minimum Gasteiger partial charge on any atom is -0.293 e. The molecule has 0 saturated carbocycles. The van der Waals surface area contributed by atoms with Crippen LogP contribution in [0, 0.1) is 13.8 Å². The summed E-state index contributed by atoms with van der Waals surface area (Å²) in [5, 5.41) is 12.9. The Balaban J connectivity index is 1.61. The van der Waals surface area contributed by atoms with Gasteiger partial charge in [-0.25, -0.2) is 0 Å². The topological polar surface area (TPSA) is 93.0 Å². The number of carbonyl (C=O) groups excluding carboxylic acids is 1. The zero-order valence-electron chi connectivity index (χ0n) is 15.3. The first-order valence-corrected chi connectivity index (χ1v) is 9.66. The number of nitrogens with zero attached hydrogens (tertiary/aromatic N) is 4. The number of ketones is 1. The van der Waals surface area contributed by atoms with E-state index in [0.717, 1.165) is 11.1 Å². The maximum Gasteiger partial charge on any atom is 0.279 e. The van der Waals surface area contributed by atoms with E-state index in [1.165, 1.54) is 16.3 Å². The molecule has 0 aliphatic heterocycles. The first-order valence-electron chi connectivity index (χ1n) is 8.67. The van der Waals surface area contributed by atoms with Gasteiger partial charge in [-0.2, -0.15) is 9.61 Å². The van der Waals surface area contributed by atoms with Gasteiger partial charge in [0.2, 0.25) is 5.16 Å². The summed E-state index contributed by atoms with van der Waals surface area (Å²) >= 11 is 1.23. The average Bonchev–Trinajstić information content (AvgIpc) is 3.10. The van der Waals surface area contributed by atoms with Crippen LogP contribution in [0.1, 0.15) is 21.5 Å². The number of aromatic nitrogens is 5. The van der Waals surface area contributed by atoms with Crippen LogP contribution in [0.5, 0.6) is 0 Å². The highest BCUT2D eigenvalue weighted by Gasteiger charge is 2.15. The molecule has 4 aromatic rings. The Bertz CT molecular complexity index is 1230. The zero-order chi connectivity index (χ0) is 19.7. The van der Waals surface area contributed by atoms with Crippen LogP contribution in [0.3, 0.4) is 0 Å². The number of nitrogens with one attached hydrogen (secondary N) is 1. The molecule has 0 unspecified atom stereocenters. The molecule has 4 rings (SSSR count). The molecule has 0 amide bonds. The standard InChI is InChI=1S/C20H17N5O2S/c1-12-8-9-15(10-13(12)2)16(26)11-28-20-23-22-19-21-18(27)17(24-25(19)20)14-6-4-3-5-7-14/h3-10H,11H2,1-2H3,(H,21,22,27). The number of H-pyrrole nitrogens is 1. The number of benzene rings is 2. The van der Waals surface area contributed by atoms with Gasteiger partial charge in [-0.15, -0.1) is 10.2 Å². The summed E-state index contributed by atoms with van der Waals surface area (Å²) in [5.41, 5.74) is 3.52. The maximum absolute atomic E-state index is 12.5. The summed E-state index contributed by atoms with van der Waals surface area (Å²) < 4.78 is 1.46. The number of thioether (sulfide) groups is 1. The van der Waals surface area contributed by atoms with Crippen molar-refractivity contribution in [2.45, 2.75) is 19.0 Å². The summed E-state index contributed by atoms with van der Waals surface area (Å²) in [7, 11) is 0. The second-order valence-corrected chi connectivity index (χ2v) is 7.34. The normalized spacial score (nSPS) is 11.1. The summed E-state index contributed by atoms with van der Waals surface area (Å²) in [6.07, 6.45) is 0. The molecular weight excluding hydrogens is 374 g/mol. The average molecular weight is 391 g/mol. The lowest BCUT2D eigenvalue weighted by molar-refractivity contribution is 0.102. The molecule has 0 fully saturated rings. The smallest absolute Gasteiger partial charge is 0.279 e. The van der Waals surface area contributed by atoms with Gasteiger partial charge >= 0.3 is 0 Å². The van der Waals surface area contributed by atoms with E-state index >= 15 is 0 Å². The molecule has 2 aromatic heterocycles. The fourth-order valence-corrected chi connectivity index (χ4v) is 3.52. The number of hydrogen-bond acceptors (Lipinski definition) is 6. The van der Waals surface area contributed by atoms with Crippen molar-refractivity contribution in [1.82, 2.24) is 24.8 Å². The van der Waals surface area contributed by atoms with Crippen molar-refractivity contribution in [3.05, 3.63) is 75.6 Å². The minimum atomic E-state index is -0.339. The molecule has 0 atom stereocenters.